The monoisotopic (exact) mass is 313 g/mol. The van der Waals surface area contributed by atoms with Crippen LogP contribution >= 0.6 is 0 Å². The van der Waals surface area contributed by atoms with Gasteiger partial charge in [0, 0.05) is 12.8 Å². The molecule has 0 aliphatic rings. The first-order valence-electron chi connectivity index (χ1n) is 7.25. The maximum absolute atomic E-state index is 12.1. The highest BCUT2D eigenvalue weighted by Crippen LogP contribution is 2.11. The van der Waals surface area contributed by atoms with Gasteiger partial charge in [-0.3, -0.25) is 4.79 Å². The molecule has 0 bridgehead atoms. The Bertz CT molecular complexity index is 670. The Balaban J connectivity index is 1.96. The van der Waals surface area contributed by atoms with Gasteiger partial charge in [0.05, 0.1) is 12.2 Å². The van der Waals surface area contributed by atoms with Gasteiger partial charge in [0.15, 0.2) is 6.10 Å². The molecule has 2 aromatic carbocycles. The average molecular weight is 313 g/mol. The molecule has 0 heterocycles. The molecule has 5 heteroatoms. The minimum atomic E-state index is -0.895. The van der Waals surface area contributed by atoms with Gasteiger partial charge in [-0.25, -0.2) is 4.79 Å². The normalized spacial score (nSPS) is 11.6. The van der Waals surface area contributed by atoms with Crippen molar-refractivity contribution in [2.45, 2.75) is 19.6 Å². The predicted octanol–water partition coefficient (Wildman–Crippen LogP) is 3.02. The lowest BCUT2D eigenvalue weighted by molar-refractivity contribution is -0.123. The van der Waals surface area contributed by atoms with Crippen LogP contribution in [-0.2, 0) is 20.9 Å². The molecule has 2 aromatic rings. The van der Waals surface area contributed by atoms with Crippen molar-refractivity contribution in [3.05, 3.63) is 65.7 Å². The predicted molar refractivity (Wildman–Crippen MR) is 87.1 cm³/mol. The quantitative estimate of drug-likeness (QED) is 0.833. The lowest BCUT2D eigenvalue weighted by atomic mass is 10.1. The second-order valence-corrected chi connectivity index (χ2v) is 5.04. The van der Waals surface area contributed by atoms with Crippen molar-refractivity contribution in [3.63, 3.8) is 0 Å². The van der Waals surface area contributed by atoms with Crippen LogP contribution in [0.3, 0.4) is 0 Å². The number of carbonyl (C=O) groups is 2. The number of rotatable bonds is 6. The molecule has 120 valence electrons. The SMILES string of the molecule is COCc1cccc(C(=O)OC(C)C(=O)Nc2ccccc2)c1. The molecule has 0 radical (unpaired) electrons. The molecule has 0 aromatic heterocycles. The fourth-order valence-corrected chi connectivity index (χ4v) is 2.00. The molecule has 1 unspecified atom stereocenters. The smallest absolute Gasteiger partial charge is 0.338 e. The van der Waals surface area contributed by atoms with Crippen molar-refractivity contribution >= 4 is 17.6 Å². The second-order valence-electron chi connectivity index (χ2n) is 5.04. The zero-order valence-corrected chi connectivity index (χ0v) is 13.1. The summed E-state index contributed by atoms with van der Waals surface area (Å²) in [5, 5.41) is 2.69. The van der Waals surface area contributed by atoms with Gasteiger partial charge in [-0.2, -0.15) is 0 Å². The lowest BCUT2D eigenvalue weighted by Gasteiger charge is -2.14. The third-order valence-electron chi connectivity index (χ3n) is 3.17. The van der Waals surface area contributed by atoms with E-state index in [2.05, 4.69) is 5.32 Å². The highest BCUT2D eigenvalue weighted by atomic mass is 16.5. The Morgan fingerprint density at radius 3 is 2.52 bits per heavy atom. The molecular weight excluding hydrogens is 294 g/mol. The Hall–Kier alpha value is -2.66. The van der Waals surface area contributed by atoms with Crippen molar-refractivity contribution in [2.24, 2.45) is 0 Å². The Morgan fingerprint density at radius 1 is 1.09 bits per heavy atom. The van der Waals surface area contributed by atoms with Gasteiger partial charge in [0.2, 0.25) is 0 Å². The van der Waals surface area contributed by atoms with Crippen LogP contribution in [0.2, 0.25) is 0 Å². The third-order valence-corrected chi connectivity index (χ3v) is 3.17. The van der Waals surface area contributed by atoms with Crippen molar-refractivity contribution in [2.75, 3.05) is 12.4 Å². The first-order valence-corrected chi connectivity index (χ1v) is 7.25. The minimum absolute atomic E-state index is 0.377. The third kappa shape index (κ3) is 4.93. The molecule has 0 aliphatic carbocycles. The fourth-order valence-electron chi connectivity index (χ4n) is 2.00. The van der Waals surface area contributed by atoms with Crippen LogP contribution in [0.1, 0.15) is 22.8 Å². The number of hydrogen-bond acceptors (Lipinski definition) is 4. The van der Waals surface area contributed by atoms with Gasteiger partial charge in [-0.1, -0.05) is 30.3 Å². The molecule has 0 aliphatic heterocycles. The summed E-state index contributed by atoms with van der Waals surface area (Å²) in [6, 6.07) is 15.9. The first kappa shape index (κ1) is 16.7. The highest BCUT2D eigenvalue weighted by molar-refractivity contribution is 5.97. The van der Waals surface area contributed by atoms with Crippen LogP contribution in [0.15, 0.2) is 54.6 Å². The zero-order valence-electron chi connectivity index (χ0n) is 13.1. The number of benzene rings is 2. The van der Waals surface area contributed by atoms with E-state index in [0.29, 0.717) is 17.9 Å². The van der Waals surface area contributed by atoms with Crippen molar-refractivity contribution in [1.29, 1.82) is 0 Å². The van der Waals surface area contributed by atoms with E-state index in [4.69, 9.17) is 9.47 Å². The Kier molecular flexibility index (Phi) is 5.88. The van der Waals surface area contributed by atoms with E-state index >= 15 is 0 Å². The van der Waals surface area contributed by atoms with Gasteiger partial charge in [-0.05, 0) is 36.8 Å². The number of methoxy groups -OCH3 is 1. The summed E-state index contributed by atoms with van der Waals surface area (Å²) in [4.78, 5) is 24.2. The van der Waals surface area contributed by atoms with E-state index in [1.807, 2.05) is 24.3 Å². The molecule has 0 saturated carbocycles. The summed E-state index contributed by atoms with van der Waals surface area (Å²) in [5.74, 6) is -0.920. The van der Waals surface area contributed by atoms with Crippen molar-refractivity contribution in [1.82, 2.24) is 0 Å². The summed E-state index contributed by atoms with van der Waals surface area (Å²) in [5.41, 5.74) is 1.91. The molecule has 0 spiro atoms. The van der Waals surface area contributed by atoms with Crippen LogP contribution in [0.5, 0.6) is 0 Å². The number of anilines is 1. The van der Waals surface area contributed by atoms with Crippen LogP contribution in [0.4, 0.5) is 5.69 Å². The number of nitrogens with one attached hydrogen (secondary N) is 1. The lowest BCUT2D eigenvalue weighted by Crippen LogP contribution is -2.30. The Morgan fingerprint density at radius 2 is 1.83 bits per heavy atom. The number of esters is 1. The van der Waals surface area contributed by atoms with Gasteiger partial charge in [0.25, 0.3) is 5.91 Å². The molecule has 1 amide bonds. The van der Waals surface area contributed by atoms with Crippen molar-refractivity contribution < 1.29 is 19.1 Å². The standard InChI is InChI=1S/C18H19NO4/c1-13(17(20)19-16-9-4-3-5-10-16)23-18(21)15-8-6-7-14(11-15)12-22-2/h3-11,13H,12H2,1-2H3,(H,19,20). The van der Waals surface area contributed by atoms with Crippen LogP contribution < -0.4 is 5.32 Å². The van der Waals surface area contributed by atoms with Gasteiger partial charge >= 0.3 is 5.97 Å². The number of carbonyl (C=O) groups excluding carboxylic acids is 2. The van der Waals surface area contributed by atoms with Crippen LogP contribution in [0, 0.1) is 0 Å². The van der Waals surface area contributed by atoms with Crippen LogP contribution in [-0.4, -0.2) is 25.1 Å². The molecule has 1 N–H and O–H groups in total. The first-order chi connectivity index (χ1) is 11.1. The number of para-hydroxylation sites is 1. The molecule has 23 heavy (non-hydrogen) atoms. The summed E-state index contributed by atoms with van der Waals surface area (Å²) >= 11 is 0. The zero-order chi connectivity index (χ0) is 16.7. The number of hydrogen-bond donors (Lipinski definition) is 1. The molecular formula is C18H19NO4. The van der Waals surface area contributed by atoms with Gasteiger partial charge in [-0.15, -0.1) is 0 Å². The largest absolute Gasteiger partial charge is 0.449 e. The maximum atomic E-state index is 12.1. The molecule has 5 nitrogen and oxygen atoms in total. The highest BCUT2D eigenvalue weighted by Gasteiger charge is 2.19. The van der Waals surface area contributed by atoms with E-state index in [9.17, 15) is 9.59 Å². The second kappa shape index (κ2) is 8.10. The topological polar surface area (TPSA) is 64.6 Å². The number of amides is 1. The summed E-state index contributed by atoms with van der Waals surface area (Å²) < 4.78 is 10.2. The van der Waals surface area contributed by atoms with E-state index in [-0.39, 0.29) is 5.91 Å². The summed E-state index contributed by atoms with van der Waals surface area (Å²) in [6.45, 7) is 1.94. The van der Waals surface area contributed by atoms with E-state index in [0.717, 1.165) is 5.56 Å². The van der Waals surface area contributed by atoms with Gasteiger partial charge < -0.3 is 14.8 Å². The van der Waals surface area contributed by atoms with Crippen LogP contribution in [0.25, 0.3) is 0 Å². The molecule has 2 rings (SSSR count). The van der Waals surface area contributed by atoms with E-state index < -0.39 is 12.1 Å². The minimum Gasteiger partial charge on any atom is -0.449 e. The Labute approximate surface area is 135 Å². The summed E-state index contributed by atoms with van der Waals surface area (Å²) in [7, 11) is 1.58. The number of ether oxygens (including phenoxy) is 2. The fraction of sp³-hybridized carbons (Fsp3) is 0.222. The molecule has 0 saturated heterocycles. The van der Waals surface area contributed by atoms with E-state index in [1.54, 1.807) is 37.4 Å². The molecule has 1 atom stereocenters. The van der Waals surface area contributed by atoms with Gasteiger partial charge in [0.1, 0.15) is 0 Å². The average Bonchev–Trinajstić information content (AvgIpc) is 2.56. The maximum Gasteiger partial charge on any atom is 0.338 e. The van der Waals surface area contributed by atoms with E-state index in [1.165, 1.54) is 6.92 Å². The van der Waals surface area contributed by atoms with Crippen molar-refractivity contribution in [3.8, 4) is 0 Å². The summed E-state index contributed by atoms with van der Waals surface area (Å²) in [6.07, 6.45) is -0.895. The molecule has 0 fully saturated rings.